The van der Waals surface area contributed by atoms with Crippen LogP contribution in [0.5, 0.6) is 0 Å². The number of hydrogen-bond acceptors (Lipinski definition) is 4. The maximum atomic E-state index is 13.0. The lowest BCUT2D eigenvalue weighted by Crippen LogP contribution is -2.23. The number of aromatic nitrogens is 3. The van der Waals surface area contributed by atoms with E-state index in [1.807, 2.05) is 30.3 Å². The van der Waals surface area contributed by atoms with Crippen molar-refractivity contribution >= 4 is 17.5 Å². The number of amides is 1. The molecule has 0 bridgehead atoms. The van der Waals surface area contributed by atoms with E-state index in [2.05, 4.69) is 15.6 Å². The van der Waals surface area contributed by atoms with E-state index in [4.69, 9.17) is 11.6 Å². The molecule has 1 aromatic heterocycles. The predicted molar refractivity (Wildman–Crippen MR) is 94.0 cm³/mol. The van der Waals surface area contributed by atoms with Gasteiger partial charge in [0, 0.05) is 11.6 Å². The zero-order valence-corrected chi connectivity index (χ0v) is 14.4. The second kappa shape index (κ2) is 8.07. The van der Waals surface area contributed by atoms with Gasteiger partial charge in [-0.15, -0.1) is 5.10 Å². The highest BCUT2D eigenvalue weighted by atomic mass is 35.5. The second-order valence-corrected chi connectivity index (χ2v) is 6.08. The third-order valence-electron chi connectivity index (χ3n) is 3.77. The molecule has 1 amide bonds. The van der Waals surface area contributed by atoms with Gasteiger partial charge < -0.3 is 10.4 Å². The Morgan fingerprint density at radius 3 is 2.77 bits per heavy atom. The third-order valence-corrected chi connectivity index (χ3v) is 4.12. The highest BCUT2D eigenvalue weighted by molar-refractivity contribution is 6.31. The number of carbonyl (C=O) groups excluding carboxylic acids is 1. The van der Waals surface area contributed by atoms with Crippen LogP contribution in [-0.2, 0) is 13.1 Å². The van der Waals surface area contributed by atoms with Crippen molar-refractivity contribution in [3.8, 4) is 0 Å². The Kier molecular flexibility index (Phi) is 5.60. The summed E-state index contributed by atoms with van der Waals surface area (Å²) in [7, 11) is 0. The number of nitrogens with one attached hydrogen (secondary N) is 1. The Morgan fingerprint density at radius 1 is 1.27 bits per heavy atom. The molecule has 6 nitrogen and oxygen atoms in total. The molecule has 0 fully saturated rings. The SMILES string of the molecule is O=C(NCc1ccc(F)cc1Cl)c1cn(CC(O)c2ccccc2)nn1. The van der Waals surface area contributed by atoms with Gasteiger partial charge in [-0.2, -0.15) is 0 Å². The minimum Gasteiger partial charge on any atom is -0.386 e. The van der Waals surface area contributed by atoms with Crippen LogP contribution in [0, 0.1) is 5.82 Å². The maximum absolute atomic E-state index is 13.0. The summed E-state index contributed by atoms with van der Waals surface area (Å²) in [4.78, 5) is 12.2. The van der Waals surface area contributed by atoms with Gasteiger partial charge in [0.25, 0.3) is 5.91 Å². The van der Waals surface area contributed by atoms with E-state index in [9.17, 15) is 14.3 Å². The summed E-state index contributed by atoms with van der Waals surface area (Å²) in [5.41, 5.74) is 1.46. The lowest BCUT2D eigenvalue weighted by Gasteiger charge is -2.09. The number of aliphatic hydroxyl groups is 1. The van der Waals surface area contributed by atoms with E-state index >= 15 is 0 Å². The quantitative estimate of drug-likeness (QED) is 0.695. The summed E-state index contributed by atoms with van der Waals surface area (Å²) in [6.07, 6.45) is 0.695. The van der Waals surface area contributed by atoms with E-state index < -0.39 is 17.8 Å². The Balaban J connectivity index is 1.59. The van der Waals surface area contributed by atoms with Gasteiger partial charge in [0.2, 0.25) is 0 Å². The molecule has 1 atom stereocenters. The first-order chi connectivity index (χ1) is 12.5. The molecule has 0 aliphatic carbocycles. The molecule has 3 rings (SSSR count). The number of hydrogen-bond donors (Lipinski definition) is 2. The number of rotatable bonds is 6. The summed E-state index contributed by atoms with van der Waals surface area (Å²) in [6, 6.07) is 13.1. The summed E-state index contributed by atoms with van der Waals surface area (Å²) in [5, 5.41) is 20.7. The molecule has 1 heterocycles. The summed E-state index contributed by atoms with van der Waals surface area (Å²) in [6.45, 7) is 0.311. The Bertz CT molecular complexity index is 901. The summed E-state index contributed by atoms with van der Waals surface area (Å²) < 4.78 is 14.4. The molecular formula is C18H16ClFN4O2. The average Bonchev–Trinajstić information content (AvgIpc) is 3.10. The van der Waals surface area contributed by atoms with Crippen molar-refractivity contribution in [2.75, 3.05) is 0 Å². The molecule has 0 spiro atoms. The van der Waals surface area contributed by atoms with Gasteiger partial charge in [-0.1, -0.05) is 53.2 Å². The van der Waals surface area contributed by atoms with Crippen LogP contribution in [0.4, 0.5) is 4.39 Å². The Hall–Kier alpha value is -2.77. The molecule has 26 heavy (non-hydrogen) atoms. The van der Waals surface area contributed by atoms with Crippen LogP contribution >= 0.6 is 11.6 Å². The smallest absolute Gasteiger partial charge is 0.273 e. The van der Waals surface area contributed by atoms with Crippen LogP contribution in [0.2, 0.25) is 5.02 Å². The van der Waals surface area contributed by atoms with Gasteiger partial charge >= 0.3 is 0 Å². The van der Waals surface area contributed by atoms with Crippen molar-refractivity contribution in [1.82, 2.24) is 20.3 Å². The molecule has 2 aromatic carbocycles. The van der Waals surface area contributed by atoms with E-state index in [1.165, 1.54) is 29.1 Å². The number of halogens is 2. The van der Waals surface area contributed by atoms with E-state index in [0.717, 1.165) is 5.56 Å². The molecule has 2 N–H and O–H groups in total. The highest BCUT2D eigenvalue weighted by Gasteiger charge is 2.14. The van der Waals surface area contributed by atoms with Gasteiger partial charge in [-0.25, -0.2) is 9.07 Å². The van der Waals surface area contributed by atoms with Crippen molar-refractivity contribution in [2.24, 2.45) is 0 Å². The van der Waals surface area contributed by atoms with Crippen LogP contribution in [0.15, 0.2) is 54.7 Å². The minimum atomic E-state index is -0.758. The first-order valence-electron chi connectivity index (χ1n) is 7.88. The van der Waals surface area contributed by atoms with E-state index in [1.54, 1.807) is 0 Å². The molecule has 0 aliphatic rings. The predicted octanol–water partition coefficient (Wildman–Crippen LogP) is 2.73. The van der Waals surface area contributed by atoms with Gasteiger partial charge in [0.05, 0.1) is 18.8 Å². The van der Waals surface area contributed by atoms with Crippen molar-refractivity contribution in [2.45, 2.75) is 19.2 Å². The standard InChI is InChI=1S/C18H16ClFN4O2/c19-15-8-14(20)7-6-13(15)9-21-18(26)16-10-24(23-22-16)11-17(25)12-4-2-1-3-5-12/h1-8,10,17,25H,9,11H2,(H,21,26). The Labute approximate surface area is 154 Å². The van der Waals surface area contributed by atoms with Gasteiger partial charge in [0.15, 0.2) is 5.69 Å². The number of aliphatic hydroxyl groups excluding tert-OH is 1. The molecule has 8 heteroatoms. The maximum Gasteiger partial charge on any atom is 0.273 e. The number of nitrogens with zero attached hydrogens (tertiary/aromatic N) is 3. The molecule has 0 aliphatic heterocycles. The number of carbonyl (C=O) groups is 1. The fraction of sp³-hybridized carbons (Fsp3) is 0.167. The average molecular weight is 375 g/mol. The molecular weight excluding hydrogens is 359 g/mol. The minimum absolute atomic E-state index is 0.114. The van der Waals surface area contributed by atoms with Crippen molar-refractivity contribution in [1.29, 1.82) is 0 Å². The molecule has 1 unspecified atom stereocenters. The topological polar surface area (TPSA) is 80.0 Å². The van der Waals surface area contributed by atoms with Crippen molar-refractivity contribution in [3.63, 3.8) is 0 Å². The van der Waals surface area contributed by atoms with Crippen LogP contribution in [-0.4, -0.2) is 26.0 Å². The fourth-order valence-corrected chi connectivity index (χ4v) is 2.61. The molecule has 0 saturated heterocycles. The second-order valence-electron chi connectivity index (χ2n) is 5.67. The van der Waals surface area contributed by atoms with E-state index in [0.29, 0.717) is 5.56 Å². The van der Waals surface area contributed by atoms with Gasteiger partial charge in [-0.05, 0) is 23.3 Å². The molecule has 134 valence electrons. The van der Waals surface area contributed by atoms with Crippen LogP contribution in [0.1, 0.15) is 27.7 Å². The molecule has 0 radical (unpaired) electrons. The van der Waals surface area contributed by atoms with Crippen LogP contribution < -0.4 is 5.32 Å². The van der Waals surface area contributed by atoms with Crippen LogP contribution in [0.25, 0.3) is 0 Å². The zero-order chi connectivity index (χ0) is 18.5. The largest absolute Gasteiger partial charge is 0.386 e. The first kappa shape index (κ1) is 18.0. The molecule has 0 saturated carbocycles. The lowest BCUT2D eigenvalue weighted by atomic mass is 10.1. The first-order valence-corrected chi connectivity index (χ1v) is 8.26. The fourth-order valence-electron chi connectivity index (χ4n) is 2.38. The lowest BCUT2D eigenvalue weighted by molar-refractivity contribution is 0.0945. The van der Waals surface area contributed by atoms with Crippen LogP contribution in [0.3, 0.4) is 0 Å². The monoisotopic (exact) mass is 374 g/mol. The molecule has 3 aromatic rings. The summed E-state index contributed by atoms with van der Waals surface area (Å²) >= 11 is 5.93. The number of benzene rings is 2. The zero-order valence-electron chi connectivity index (χ0n) is 13.6. The Morgan fingerprint density at radius 2 is 2.04 bits per heavy atom. The van der Waals surface area contributed by atoms with Gasteiger partial charge in [0.1, 0.15) is 5.82 Å². The normalized spacial score (nSPS) is 12.0. The highest BCUT2D eigenvalue weighted by Crippen LogP contribution is 2.17. The summed E-state index contributed by atoms with van der Waals surface area (Å²) in [5.74, 6) is -0.879. The third kappa shape index (κ3) is 4.44. The van der Waals surface area contributed by atoms with Crippen molar-refractivity contribution in [3.05, 3.63) is 82.4 Å². The van der Waals surface area contributed by atoms with Crippen molar-refractivity contribution < 1.29 is 14.3 Å². The van der Waals surface area contributed by atoms with Gasteiger partial charge in [-0.3, -0.25) is 4.79 Å². The van der Waals surface area contributed by atoms with E-state index in [-0.39, 0.29) is 23.8 Å².